The second kappa shape index (κ2) is 7.19. The third-order valence-corrected chi connectivity index (χ3v) is 4.60. The van der Waals surface area contributed by atoms with E-state index in [1.807, 2.05) is 29.2 Å². The molecule has 0 aliphatic rings. The summed E-state index contributed by atoms with van der Waals surface area (Å²) in [6, 6.07) is 8.48. The van der Waals surface area contributed by atoms with E-state index in [2.05, 4.69) is 43.6 Å². The number of thioether (sulfide) groups is 1. The lowest BCUT2D eigenvalue weighted by Crippen LogP contribution is -2.43. The van der Waals surface area contributed by atoms with Gasteiger partial charge in [0.2, 0.25) is 5.91 Å². The molecule has 0 aliphatic heterocycles. The first kappa shape index (κ1) is 15.6. The molecule has 0 saturated heterocycles. The summed E-state index contributed by atoms with van der Waals surface area (Å²) < 4.78 is 1.04. The Morgan fingerprint density at radius 3 is 2.28 bits per heavy atom. The molecule has 2 nitrogen and oxygen atoms in total. The Bertz CT molecular complexity index is 399. The fourth-order valence-corrected chi connectivity index (χ4v) is 3.38. The number of carbonyl (C=O) groups is 1. The van der Waals surface area contributed by atoms with Gasteiger partial charge in [-0.15, -0.1) is 11.8 Å². The highest BCUT2D eigenvalue weighted by Crippen LogP contribution is 2.27. The lowest BCUT2D eigenvalue weighted by atomic mass is 10.2. The predicted octanol–water partition coefficient (Wildman–Crippen LogP) is 4.19. The Hall–Kier alpha value is -0.480. The molecule has 0 N–H and O–H groups in total. The number of hydrogen-bond acceptors (Lipinski definition) is 2. The van der Waals surface area contributed by atoms with Gasteiger partial charge in [0.25, 0.3) is 0 Å². The Morgan fingerprint density at radius 1 is 1.22 bits per heavy atom. The number of carbonyl (C=O) groups excluding carboxylic acids is 1. The topological polar surface area (TPSA) is 20.3 Å². The Morgan fingerprint density at radius 2 is 1.78 bits per heavy atom. The Kier molecular flexibility index (Phi) is 6.22. The van der Waals surface area contributed by atoms with Crippen LogP contribution in [0.4, 0.5) is 0 Å². The van der Waals surface area contributed by atoms with E-state index in [0.717, 1.165) is 9.37 Å². The largest absolute Gasteiger partial charge is 0.337 e. The molecule has 1 amide bonds. The first-order valence-corrected chi connectivity index (χ1v) is 7.89. The summed E-state index contributed by atoms with van der Waals surface area (Å²) in [6.07, 6.45) is 0. The van der Waals surface area contributed by atoms with Gasteiger partial charge in [0, 0.05) is 21.5 Å². The zero-order valence-electron chi connectivity index (χ0n) is 11.3. The summed E-state index contributed by atoms with van der Waals surface area (Å²) in [7, 11) is 0. The van der Waals surface area contributed by atoms with Gasteiger partial charge >= 0.3 is 0 Å². The molecule has 1 aromatic rings. The van der Waals surface area contributed by atoms with Gasteiger partial charge in [0.1, 0.15) is 0 Å². The van der Waals surface area contributed by atoms with E-state index in [1.165, 1.54) is 0 Å². The highest BCUT2D eigenvalue weighted by Gasteiger charge is 2.20. The van der Waals surface area contributed by atoms with E-state index in [9.17, 15) is 4.79 Å². The van der Waals surface area contributed by atoms with E-state index in [-0.39, 0.29) is 18.0 Å². The minimum Gasteiger partial charge on any atom is -0.337 e. The summed E-state index contributed by atoms with van der Waals surface area (Å²) >= 11 is 5.08. The maximum atomic E-state index is 12.2. The number of nitrogens with zero attached hydrogens (tertiary/aromatic N) is 1. The average molecular weight is 330 g/mol. The maximum Gasteiger partial charge on any atom is 0.233 e. The highest BCUT2D eigenvalue weighted by atomic mass is 79.9. The summed E-state index contributed by atoms with van der Waals surface area (Å²) in [6.45, 7) is 8.23. The van der Waals surface area contributed by atoms with Crippen LogP contribution in [0.15, 0.2) is 33.6 Å². The minimum absolute atomic E-state index is 0.195. The van der Waals surface area contributed by atoms with Gasteiger partial charge in [0.15, 0.2) is 0 Å². The molecule has 0 bridgehead atoms. The van der Waals surface area contributed by atoms with Crippen LogP contribution in [-0.2, 0) is 4.79 Å². The van der Waals surface area contributed by atoms with Crippen LogP contribution in [0.5, 0.6) is 0 Å². The molecule has 1 rings (SSSR count). The molecule has 0 atom stereocenters. The molecule has 1 aromatic carbocycles. The number of rotatable bonds is 5. The van der Waals surface area contributed by atoms with Crippen molar-refractivity contribution < 1.29 is 4.79 Å². The van der Waals surface area contributed by atoms with E-state index in [4.69, 9.17) is 0 Å². The summed E-state index contributed by atoms with van der Waals surface area (Å²) in [5, 5.41) is 0. The fraction of sp³-hybridized carbons (Fsp3) is 0.500. The van der Waals surface area contributed by atoms with E-state index in [1.54, 1.807) is 11.8 Å². The standard InChI is InChI=1S/C14H20BrNOS/c1-10(2)16(11(3)4)14(17)9-18-13-8-6-5-7-12(13)15/h5-8,10-11H,9H2,1-4H3. The molecule has 0 radical (unpaired) electrons. The van der Waals surface area contributed by atoms with E-state index in [0.29, 0.717) is 5.75 Å². The third-order valence-electron chi connectivity index (χ3n) is 2.59. The minimum atomic E-state index is 0.195. The normalized spacial score (nSPS) is 11.1. The van der Waals surface area contributed by atoms with Crippen molar-refractivity contribution >= 4 is 33.6 Å². The molecular weight excluding hydrogens is 310 g/mol. The van der Waals surface area contributed by atoms with Gasteiger partial charge in [-0.05, 0) is 55.8 Å². The molecular formula is C14H20BrNOS. The molecule has 4 heteroatoms. The van der Waals surface area contributed by atoms with Crippen LogP contribution >= 0.6 is 27.7 Å². The van der Waals surface area contributed by atoms with Crippen molar-refractivity contribution in [2.75, 3.05) is 5.75 Å². The van der Waals surface area contributed by atoms with Crippen molar-refractivity contribution in [3.05, 3.63) is 28.7 Å². The Labute approximate surface area is 122 Å². The van der Waals surface area contributed by atoms with E-state index < -0.39 is 0 Å². The van der Waals surface area contributed by atoms with Gasteiger partial charge in [-0.2, -0.15) is 0 Å². The van der Waals surface area contributed by atoms with Gasteiger partial charge in [-0.1, -0.05) is 12.1 Å². The zero-order valence-corrected chi connectivity index (χ0v) is 13.7. The number of halogens is 1. The summed E-state index contributed by atoms with van der Waals surface area (Å²) in [5.74, 6) is 0.680. The summed E-state index contributed by atoms with van der Waals surface area (Å²) in [4.78, 5) is 15.2. The molecule has 0 spiro atoms. The quantitative estimate of drug-likeness (QED) is 0.755. The average Bonchev–Trinajstić information content (AvgIpc) is 2.27. The predicted molar refractivity (Wildman–Crippen MR) is 82.0 cm³/mol. The molecule has 0 fully saturated rings. The van der Waals surface area contributed by atoms with Crippen LogP contribution in [0, 0.1) is 0 Å². The van der Waals surface area contributed by atoms with Crippen LogP contribution < -0.4 is 0 Å². The van der Waals surface area contributed by atoms with Crippen LogP contribution in [0.3, 0.4) is 0 Å². The van der Waals surface area contributed by atoms with Crippen LogP contribution in [-0.4, -0.2) is 28.6 Å². The molecule has 100 valence electrons. The number of amides is 1. The fourth-order valence-electron chi connectivity index (χ4n) is 1.95. The van der Waals surface area contributed by atoms with E-state index >= 15 is 0 Å². The molecule has 18 heavy (non-hydrogen) atoms. The second-order valence-electron chi connectivity index (χ2n) is 4.71. The van der Waals surface area contributed by atoms with Crippen molar-refractivity contribution in [3.8, 4) is 0 Å². The van der Waals surface area contributed by atoms with Crippen LogP contribution in [0.1, 0.15) is 27.7 Å². The zero-order chi connectivity index (χ0) is 13.7. The lowest BCUT2D eigenvalue weighted by molar-refractivity contribution is -0.131. The Balaban J connectivity index is 2.63. The van der Waals surface area contributed by atoms with Crippen molar-refractivity contribution in [1.82, 2.24) is 4.90 Å². The molecule has 0 saturated carbocycles. The van der Waals surface area contributed by atoms with Gasteiger partial charge in [-0.3, -0.25) is 4.79 Å². The second-order valence-corrected chi connectivity index (χ2v) is 6.58. The number of benzene rings is 1. The van der Waals surface area contributed by atoms with Crippen LogP contribution in [0.2, 0.25) is 0 Å². The van der Waals surface area contributed by atoms with Crippen molar-refractivity contribution in [1.29, 1.82) is 0 Å². The molecule has 0 aromatic heterocycles. The van der Waals surface area contributed by atoms with Gasteiger partial charge < -0.3 is 4.90 Å². The highest BCUT2D eigenvalue weighted by molar-refractivity contribution is 9.10. The van der Waals surface area contributed by atoms with Crippen molar-refractivity contribution in [2.24, 2.45) is 0 Å². The monoisotopic (exact) mass is 329 g/mol. The van der Waals surface area contributed by atoms with Crippen molar-refractivity contribution in [2.45, 2.75) is 44.7 Å². The van der Waals surface area contributed by atoms with Crippen molar-refractivity contribution in [3.63, 3.8) is 0 Å². The first-order chi connectivity index (χ1) is 8.43. The van der Waals surface area contributed by atoms with Gasteiger partial charge in [0.05, 0.1) is 5.75 Å². The number of hydrogen-bond donors (Lipinski definition) is 0. The lowest BCUT2D eigenvalue weighted by Gasteiger charge is -2.30. The molecule has 0 unspecified atom stereocenters. The van der Waals surface area contributed by atoms with Gasteiger partial charge in [-0.25, -0.2) is 0 Å². The maximum absolute atomic E-state index is 12.2. The SMILES string of the molecule is CC(C)N(C(=O)CSc1ccccc1Br)C(C)C. The first-order valence-electron chi connectivity index (χ1n) is 6.12. The molecule has 0 heterocycles. The molecule has 0 aliphatic carbocycles. The van der Waals surface area contributed by atoms with Crippen LogP contribution in [0.25, 0.3) is 0 Å². The summed E-state index contributed by atoms with van der Waals surface area (Å²) in [5.41, 5.74) is 0. The smallest absolute Gasteiger partial charge is 0.233 e. The third kappa shape index (κ3) is 4.32.